The third-order valence-corrected chi connectivity index (χ3v) is 7.00. The van der Waals surface area contributed by atoms with E-state index in [0.29, 0.717) is 16.0 Å². The molecule has 1 aliphatic carbocycles. The molecule has 92 valence electrons. The van der Waals surface area contributed by atoms with E-state index in [4.69, 9.17) is 0 Å². The highest BCUT2D eigenvalue weighted by Gasteiger charge is 2.33. The smallest absolute Gasteiger partial charge is 0.347 e. The molecule has 1 aliphatic heterocycles. The van der Waals surface area contributed by atoms with E-state index in [2.05, 4.69) is 4.98 Å². The highest BCUT2D eigenvalue weighted by atomic mass is 32.2. The van der Waals surface area contributed by atoms with Gasteiger partial charge in [0.25, 0.3) is 0 Å². The predicted octanol–water partition coefficient (Wildman–Crippen LogP) is 3.24. The minimum atomic E-state index is -0.802. The number of carboxylic acid groups (broad SMARTS) is 1. The molecule has 0 bridgehead atoms. The minimum absolute atomic E-state index is 0.407. The monoisotopic (exact) mass is 287 g/mol. The van der Waals surface area contributed by atoms with Crippen LogP contribution in [-0.4, -0.2) is 33.3 Å². The van der Waals surface area contributed by atoms with Crippen LogP contribution in [0, 0.1) is 0 Å². The van der Waals surface area contributed by atoms with Crippen LogP contribution in [0.25, 0.3) is 0 Å². The van der Waals surface area contributed by atoms with Crippen LogP contribution in [0.1, 0.15) is 44.4 Å². The van der Waals surface area contributed by atoms with Gasteiger partial charge in [-0.2, -0.15) is 11.8 Å². The lowest BCUT2D eigenvalue weighted by Gasteiger charge is -2.18. The van der Waals surface area contributed by atoms with Gasteiger partial charge < -0.3 is 5.11 Å². The van der Waals surface area contributed by atoms with Crippen molar-refractivity contribution in [3.05, 3.63) is 15.6 Å². The maximum absolute atomic E-state index is 11.2. The van der Waals surface area contributed by atoms with E-state index in [9.17, 15) is 9.90 Å². The summed E-state index contributed by atoms with van der Waals surface area (Å²) in [5.74, 6) is 3.04. The van der Waals surface area contributed by atoms with Gasteiger partial charge in [0.15, 0.2) is 0 Å². The van der Waals surface area contributed by atoms with Crippen LogP contribution in [-0.2, 0) is 0 Å². The van der Waals surface area contributed by atoms with Crippen molar-refractivity contribution in [1.82, 2.24) is 4.98 Å². The number of thioether (sulfide) groups is 2. The summed E-state index contributed by atoms with van der Waals surface area (Å²) >= 11 is 5.26. The van der Waals surface area contributed by atoms with Crippen molar-refractivity contribution in [2.75, 3.05) is 17.3 Å². The Morgan fingerprint density at radius 2 is 2.18 bits per heavy atom. The van der Waals surface area contributed by atoms with Crippen molar-refractivity contribution in [3.63, 3.8) is 0 Å². The Balaban J connectivity index is 1.89. The summed E-state index contributed by atoms with van der Waals surface area (Å²) in [6, 6.07) is 0. The zero-order chi connectivity index (χ0) is 11.8. The molecule has 2 fully saturated rings. The van der Waals surface area contributed by atoms with Gasteiger partial charge in [-0.1, -0.05) is 0 Å². The number of hydrogen-bond acceptors (Lipinski definition) is 5. The van der Waals surface area contributed by atoms with Gasteiger partial charge >= 0.3 is 5.97 Å². The fourth-order valence-electron chi connectivity index (χ4n) is 1.90. The zero-order valence-electron chi connectivity index (χ0n) is 9.22. The molecular formula is C11H13NO2S3. The summed E-state index contributed by atoms with van der Waals surface area (Å²) in [7, 11) is 0. The van der Waals surface area contributed by atoms with Gasteiger partial charge in [-0.25, -0.2) is 9.78 Å². The molecule has 3 nitrogen and oxygen atoms in total. The van der Waals surface area contributed by atoms with E-state index in [-0.39, 0.29) is 0 Å². The molecule has 1 aromatic heterocycles. The Hall–Kier alpha value is -0.200. The Kier molecular flexibility index (Phi) is 3.36. The number of aromatic carboxylic acids is 1. The molecule has 1 aromatic rings. The van der Waals surface area contributed by atoms with Gasteiger partial charge in [-0.05, 0) is 12.8 Å². The van der Waals surface area contributed by atoms with E-state index >= 15 is 0 Å². The fourth-order valence-corrected chi connectivity index (χ4v) is 5.88. The van der Waals surface area contributed by atoms with Crippen LogP contribution < -0.4 is 0 Å². The van der Waals surface area contributed by atoms with Gasteiger partial charge in [0.2, 0.25) is 0 Å². The van der Waals surface area contributed by atoms with E-state index in [1.54, 1.807) is 0 Å². The van der Waals surface area contributed by atoms with Crippen LogP contribution in [0.5, 0.6) is 0 Å². The molecule has 1 atom stereocenters. The van der Waals surface area contributed by atoms with Crippen molar-refractivity contribution < 1.29 is 9.90 Å². The normalized spacial score (nSPS) is 24.8. The highest BCUT2D eigenvalue weighted by Crippen LogP contribution is 2.46. The standard InChI is InChI=1S/C11H13NO2S3/c13-11(14)9-8(6-1-2-6)12-10(17-9)7-5-15-3-4-16-7/h6-7H,1-5H2,(H,13,14). The second kappa shape index (κ2) is 4.82. The number of carboxylic acids is 1. The molecule has 0 amide bonds. The molecule has 1 saturated carbocycles. The molecule has 17 heavy (non-hydrogen) atoms. The van der Waals surface area contributed by atoms with E-state index in [1.165, 1.54) is 17.1 Å². The molecule has 1 saturated heterocycles. The number of aromatic nitrogens is 1. The predicted molar refractivity (Wildman–Crippen MR) is 73.6 cm³/mol. The number of rotatable bonds is 3. The summed E-state index contributed by atoms with van der Waals surface area (Å²) in [5.41, 5.74) is 0.855. The third-order valence-electron chi connectivity index (χ3n) is 2.92. The number of nitrogens with zero attached hydrogens (tertiary/aromatic N) is 1. The second-order valence-corrected chi connectivity index (χ2v) is 7.77. The molecular weight excluding hydrogens is 274 g/mol. The van der Waals surface area contributed by atoms with Crippen LogP contribution >= 0.6 is 34.9 Å². The molecule has 6 heteroatoms. The average molecular weight is 287 g/mol. The largest absolute Gasteiger partial charge is 0.477 e. The minimum Gasteiger partial charge on any atom is -0.477 e. The van der Waals surface area contributed by atoms with Crippen LogP contribution in [0.2, 0.25) is 0 Å². The van der Waals surface area contributed by atoms with E-state index in [1.807, 2.05) is 23.5 Å². The maximum Gasteiger partial charge on any atom is 0.347 e. The SMILES string of the molecule is O=C(O)c1sc(C2CSCCS2)nc1C1CC1. The molecule has 1 N–H and O–H groups in total. The van der Waals surface area contributed by atoms with Crippen LogP contribution in [0.15, 0.2) is 0 Å². The zero-order valence-corrected chi connectivity index (χ0v) is 11.7. The van der Waals surface area contributed by atoms with Gasteiger partial charge in [0.05, 0.1) is 10.9 Å². The lowest BCUT2D eigenvalue weighted by Crippen LogP contribution is -2.06. The molecule has 1 unspecified atom stereocenters. The van der Waals surface area contributed by atoms with E-state index < -0.39 is 5.97 Å². The van der Waals surface area contributed by atoms with Crippen molar-refractivity contribution in [2.24, 2.45) is 0 Å². The molecule has 0 spiro atoms. The Labute approximate surface area is 112 Å². The first-order valence-electron chi connectivity index (χ1n) is 5.69. The van der Waals surface area contributed by atoms with Crippen molar-refractivity contribution in [2.45, 2.75) is 24.0 Å². The van der Waals surface area contributed by atoms with Crippen LogP contribution in [0.3, 0.4) is 0 Å². The quantitative estimate of drug-likeness (QED) is 0.925. The lowest BCUT2D eigenvalue weighted by molar-refractivity contribution is 0.0700. The first-order chi connectivity index (χ1) is 8.25. The van der Waals surface area contributed by atoms with Gasteiger partial charge in [0.1, 0.15) is 9.88 Å². The summed E-state index contributed by atoms with van der Waals surface area (Å²) in [5, 5.41) is 10.6. The molecule has 0 aromatic carbocycles. The molecule has 2 aliphatic rings. The van der Waals surface area contributed by atoms with Crippen molar-refractivity contribution >= 4 is 40.8 Å². The number of hydrogen-bond donors (Lipinski definition) is 1. The number of thiazole rings is 1. The first kappa shape index (κ1) is 11.9. The number of carbonyl (C=O) groups is 1. The lowest BCUT2D eigenvalue weighted by atomic mass is 10.2. The Morgan fingerprint density at radius 3 is 2.76 bits per heavy atom. The van der Waals surface area contributed by atoms with Crippen molar-refractivity contribution in [1.29, 1.82) is 0 Å². The maximum atomic E-state index is 11.2. The first-order valence-corrected chi connectivity index (χ1v) is 8.71. The summed E-state index contributed by atoms with van der Waals surface area (Å²) in [4.78, 5) is 16.3. The topological polar surface area (TPSA) is 50.2 Å². The summed E-state index contributed by atoms with van der Waals surface area (Å²) in [6.45, 7) is 0. The highest BCUT2D eigenvalue weighted by molar-refractivity contribution is 8.06. The van der Waals surface area contributed by atoms with Gasteiger partial charge in [-0.3, -0.25) is 0 Å². The van der Waals surface area contributed by atoms with Crippen LogP contribution in [0.4, 0.5) is 0 Å². The third kappa shape index (κ3) is 2.48. The van der Waals surface area contributed by atoms with Gasteiger partial charge in [0, 0.05) is 23.2 Å². The fraction of sp³-hybridized carbons (Fsp3) is 0.636. The Morgan fingerprint density at radius 1 is 1.35 bits per heavy atom. The Bertz CT molecular complexity index is 436. The molecule has 0 radical (unpaired) electrons. The summed E-state index contributed by atoms with van der Waals surface area (Å²) < 4.78 is 0. The van der Waals surface area contributed by atoms with E-state index in [0.717, 1.165) is 35.0 Å². The molecule has 2 heterocycles. The second-order valence-electron chi connectivity index (χ2n) is 4.28. The van der Waals surface area contributed by atoms with Gasteiger partial charge in [-0.15, -0.1) is 23.1 Å². The van der Waals surface area contributed by atoms with Crippen molar-refractivity contribution in [3.8, 4) is 0 Å². The summed E-state index contributed by atoms with van der Waals surface area (Å²) in [6.07, 6.45) is 2.21. The molecule has 3 rings (SSSR count). The average Bonchev–Trinajstić information content (AvgIpc) is 3.09.